The largest absolute Gasteiger partial charge is 0.416 e. The lowest BCUT2D eigenvalue weighted by molar-refractivity contribution is -0.137. The van der Waals surface area contributed by atoms with E-state index in [0.717, 1.165) is 22.9 Å². The number of alkyl halides is 3. The molecule has 3 aromatic rings. The minimum atomic E-state index is -4.30. The van der Waals surface area contributed by atoms with E-state index in [-0.39, 0.29) is 0 Å². The van der Waals surface area contributed by atoms with Crippen molar-refractivity contribution in [2.24, 2.45) is 0 Å². The summed E-state index contributed by atoms with van der Waals surface area (Å²) in [6, 6.07) is 19.3. The van der Waals surface area contributed by atoms with Gasteiger partial charge < -0.3 is 5.32 Å². The van der Waals surface area contributed by atoms with E-state index in [0.29, 0.717) is 25.1 Å². The number of nitrogens with one attached hydrogen (secondary N) is 1. The highest BCUT2D eigenvalue weighted by Crippen LogP contribution is 2.29. The Morgan fingerprint density at radius 2 is 1.65 bits per heavy atom. The average Bonchev–Trinajstić information content (AvgIpc) is 2.66. The Morgan fingerprint density at radius 1 is 0.846 bits per heavy atom. The molecule has 1 heterocycles. The van der Waals surface area contributed by atoms with Gasteiger partial charge in [0.1, 0.15) is 0 Å². The van der Waals surface area contributed by atoms with Crippen molar-refractivity contribution in [3.63, 3.8) is 0 Å². The molecule has 0 aliphatic heterocycles. The smallest absolute Gasteiger partial charge is 0.312 e. The SMILES string of the molecule is FC(F)(F)c1cccc(CCNCc2cccc(-c3ccccn3)c2)c1. The van der Waals surface area contributed by atoms with Crippen molar-refractivity contribution in [2.75, 3.05) is 6.54 Å². The van der Waals surface area contributed by atoms with Crippen LogP contribution in [0.25, 0.3) is 11.3 Å². The fourth-order valence-corrected chi connectivity index (χ4v) is 2.74. The summed E-state index contributed by atoms with van der Waals surface area (Å²) >= 11 is 0. The monoisotopic (exact) mass is 356 g/mol. The number of nitrogens with zero attached hydrogens (tertiary/aromatic N) is 1. The second-order valence-corrected chi connectivity index (χ2v) is 6.04. The first-order chi connectivity index (χ1) is 12.5. The number of hydrogen-bond acceptors (Lipinski definition) is 2. The number of hydrogen-bond donors (Lipinski definition) is 1. The van der Waals surface area contributed by atoms with Crippen molar-refractivity contribution >= 4 is 0 Å². The van der Waals surface area contributed by atoms with Gasteiger partial charge in [0.05, 0.1) is 11.3 Å². The highest BCUT2D eigenvalue weighted by atomic mass is 19.4. The maximum Gasteiger partial charge on any atom is 0.416 e. The molecule has 0 radical (unpaired) electrons. The van der Waals surface area contributed by atoms with Crippen LogP contribution in [0.5, 0.6) is 0 Å². The van der Waals surface area contributed by atoms with E-state index in [4.69, 9.17) is 0 Å². The molecule has 1 aromatic heterocycles. The molecule has 2 aromatic carbocycles. The normalized spacial score (nSPS) is 11.5. The first kappa shape index (κ1) is 18.1. The van der Waals surface area contributed by atoms with Gasteiger partial charge in [-0.25, -0.2) is 0 Å². The molecule has 0 bridgehead atoms. The Hall–Kier alpha value is -2.66. The Labute approximate surface area is 150 Å². The number of aromatic nitrogens is 1. The van der Waals surface area contributed by atoms with Crippen LogP contribution < -0.4 is 5.32 Å². The first-order valence-electron chi connectivity index (χ1n) is 8.39. The predicted molar refractivity (Wildman–Crippen MR) is 96.5 cm³/mol. The van der Waals surface area contributed by atoms with Gasteiger partial charge in [0.2, 0.25) is 0 Å². The first-order valence-corrected chi connectivity index (χ1v) is 8.39. The molecule has 0 aliphatic carbocycles. The van der Waals surface area contributed by atoms with Crippen LogP contribution >= 0.6 is 0 Å². The third-order valence-corrected chi connectivity index (χ3v) is 4.06. The van der Waals surface area contributed by atoms with Crippen LogP contribution in [0.15, 0.2) is 72.9 Å². The number of benzene rings is 2. The van der Waals surface area contributed by atoms with Crippen molar-refractivity contribution in [3.05, 3.63) is 89.6 Å². The molecule has 0 fully saturated rings. The lowest BCUT2D eigenvalue weighted by Gasteiger charge is -2.10. The second kappa shape index (κ2) is 8.15. The Kier molecular flexibility index (Phi) is 5.68. The Morgan fingerprint density at radius 3 is 2.42 bits per heavy atom. The van der Waals surface area contributed by atoms with Crippen LogP contribution in [0.1, 0.15) is 16.7 Å². The van der Waals surface area contributed by atoms with Crippen LogP contribution in [0.3, 0.4) is 0 Å². The van der Waals surface area contributed by atoms with Crippen molar-refractivity contribution < 1.29 is 13.2 Å². The molecular weight excluding hydrogens is 337 g/mol. The summed E-state index contributed by atoms with van der Waals surface area (Å²) in [5, 5.41) is 3.29. The summed E-state index contributed by atoms with van der Waals surface area (Å²) < 4.78 is 38.2. The van der Waals surface area contributed by atoms with Crippen molar-refractivity contribution in [1.29, 1.82) is 0 Å². The zero-order valence-corrected chi connectivity index (χ0v) is 14.1. The number of halogens is 3. The third-order valence-electron chi connectivity index (χ3n) is 4.06. The van der Waals surface area contributed by atoms with Gasteiger partial charge in [0.15, 0.2) is 0 Å². The lowest BCUT2D eigenvalue weighted by atomic mass is 10.1. The molecule has 134 valence electrons. The highest BCUT2D eigenvalue weighted by Gasteiger charge is 2.30. The van der Waals surface area contributed by atoms with Gasteiger partial charge in [0.25, 0.3) is 0 Å². The van der Waals surface area contributed by atoms with E-state index in [1.807, 2.05) is 36.4 Å². The number of pyridine rings is 1. The summed E-state index contributed by atoms with van der Waals surface area (Å²) in [7, 11) is 0. The highest BCUT2D eigenvalue weighted by molar-refractivity contribution is 5.59. The molecule has 5 heteroatoms. The van der Waals surface area contributed by atoms with Crippen molar-refractivity contribution in [3.8, 4) is 11.3 Å². The van der Waals surface area contributed by atoms with Crippen LogP contribution in [0.2, 0.25) is 0 Å². The standard InChI is InChI=1S/C21H19F3N2/c22-21(23,24)19-8-4-5-16(14-19)10-12-25-15-17-6-3-7-18(13-17)20-9-1-2-11-26-20/h1-9,11,13-14,25H,10,12,15H2. The molecule has 1 N–H and O–H groups in total. The Balaban J connectivity index is 1.55. The maximum absolute atomic E-state index is 12.7. The van der Waals surface area contributed by atoms with Gasteiger partial charge in [-0.3, -0.25) is 4.98 Å². The molecule has 0 spiro atoms. The second-order valence-electron chi connectivity index (χ2n) is 6.04. The van der Waals surface area contributed by atoms with Gasteiger partial charge in [-0.2, -0.15) is 13.2 Å². The molecular formula is C21H19F3N2. The molecule has 3 rings (SSSR count). The zero-order chi connectivity index (χ0) is 18.4. The summed E-state index contributed by atoms with van der Waals surface area (Å²) in [5.41, 5.74) is 3.14. The average molecular weight is 356 g/mol. The van der Waals surface area contributed by atoms with Crippen molar-refractivity contribution in [2.45, 2.75) is 19.1 Å². The summed E-state index contributed by atoms with van der Waals surface area (Å²) in [4.78, 5) is 4.34. The van der Waals surface area contributed by atoms with Crippen LogP contribution in [-0.4, -0.2) is 11.5 Å². The van der Waals surface area contributed by atoms with Gasteiger partial charge in [-0.1, -0.05) is 42.5 Å². The minimum Gasteiger partial charge on any atom is -0.312 e. The summed E-state index contributed by atoms with van der Waals surface area (Å²) in [5.74, 6) is 0. The van der Waals surface area contributed by atoms with E-state index in [1.165, 1.54) is 12.1 Å². The topological polar surface area (TPSA) is 24.9 Å². The minimum absolute atomic E-state index is 0.545. The summed E-state index contributed by atoms with van der Waals surface area (Å²) in [6.07, 6.45) is -1.99. The molecule has 0 saturated heterocycles. The molecule has 0 unspecified atom stereocenters. The van der Waals surface area contributed by atoms with E-state index >= 15 is 0 Å². The zero-order valence-electron chi connectivity index (χ0n) is 14.1. The van der Waals surface area contributed by atoms with Crippen LogP contribution in [0, 0.1) is 0 Å². The number of rotatable bonds is 6. The summed E-state index contributed by atoms with van der Waals surface area (Å²) in [6.45, 7) is 1.26. The van der Waals surface area contributed by atoms with Crippen molar-refractivity contribution in [1.82, 2.24) is 10.3 Å². The van der Waals surface area contributed by atoms with Gasteiger partial charge in [-0.05, 0) is 48.4 Å². The molecule has 0 aliphatic rings. The fourth-order valence-electron chi connectivity index (χ4n) is 2.74. The molecule has 0 saturated carbocycles. The molecule has 0 atom stereocenters. The fraction of sp³-hybridized carbons (Fsp3) is 0.190. The van der Waals surface area contributed by atoms with Gasteiger partial charge >= 0.3 is 6.18 Å². The third kappa shape index (κ3) is 4.92. The van der Waals surface area contributed by atoms with E-state index in [2.05, 4.69) is 16.4 Å². The maximum atomic E-state index is 12.7. The van der Waals surface area contributed by atoms with E-state index < -0.39 is 11.7 Å². The Bertz CT molecular complexity index is 845. The van der Waals surface area contributed by atoms with Crippen LogP contribution in [-0.2, 0) is 19.1 Å². The van der Waals surface area contributed by atoms with Crippen LogP contribution in [0.4, 0.5) is 13.2 Å². The molecule has 0 amide bonds. The van der Waals surface area contributed by atoms with E-state index in [1.54, 1.807) is 12.3 Å². The van der Waals surface area contributed by atoms with Gasteiger partial charge in [-0.15, -0.1) is 0 Å². The molecule has 2 nitrogen and oxygen atoms in total. The molecule has 26 heavy (non-hydrogen) atoms. The van der Waals surface area contributed by atoms with E-state index in [9.17, 15) is 13.2 Å². The van der Waals surface area contributed by atoms with Gasteiger partial charge in [0, 0.05) is 18.3 Å². The predicted octanol–water partition coefficient (Wildman–Crippen LogP) is 5.10. The quantitative estimate of drug-likeness (QED) is 0.622. The lowest BCUT2D eigenvalue weighted by Crippen LogP contribution is -2.17.